The second-order valence-electron chi connectivity index (χ2n) is 10.5. The maximum Gasteiger partial charge on any atom is 0.137 e. The van der Waals surface area contributed by atoms with E-state index in [-0.39, 0.29) is 0 Å². The zero-order valence-corrected chi connectivity index (χ0v) is 24.8. The second-order valence-corrected chi connectivity index (χ2v) is 12.7. The van der Waals surface area contributed by atoms with E-state index in [2.05, 4.69) is 97.1 Å². The molecular formula is C40H34NOP. The van der Waals surface area contributed by atoms with Gasteiger partial charge in [0.1, 0.15) is 5.60 Å². The predicted molar refractivity (Wildman–Crippen MR) is 183 cm³/mol. The second kappa shape index (κ2) is 13.6. The molecule has 6 aromatic carbocycles. The van der Waals surface area contributed by atoms with Gasteiger partial charge in [0.2, 0.25) is 0 Å². The quantitative estimate of drug-likeness (QED) is 0.134. The molecule has 210 valence electrons. The van der Waals surface area contributed by atoms with Crippen molar-refractivity contribution in [3.63, 3.8) is 0 Å². The molecular weight excluding hydrogens is 541 g/mol. The van der Waals surface area contributed by atoms with Gasteiger partial charge in [-0.05, 0) is 46.9 Å². The molecule has 0 saturated carbocycles. The SMILES string of the molecule is OC(c1ccccc1)(c1ccccc1)[C@H](Cc1ccccc1)N=Cc1ccccc1P(c1ccccc1)c1ccccc1. The fourth-order valence-corrected chi connectivity index (χ4v) is 8.05. The Hall–Kier alpha value is -4.62. The predicted octanol–water partition coefficient (Wildman–Crippen LogP) is 7.41. The van der Waals surface area contributed by atoms with Gasteiger partial charge in [0, 0.05) is 11.8 Å². The van der Waals surface area contributed by atoms with Gasteiger partial charge in [-0.25, -0.2) is 0 Å². The summed E-state index contributed by atoms with van der Waals surface area (Å²) in [6, 6.07) is 59.7. The third-order valence-corrected chi connectivity index (χ3v) is 10.3. The van der Waals surface area contributed by atoms with Crippen LogP contribution >= 0.6 is 7.92 Å². The number of aliphatic imine (C=N–C) groups is 1. The molecule has 0 aliphatic carbocycles. The molecule has 0 aliphatic heterocycles. The van der Waals surface area contributed by atoms with Gasteiger partial charge >= 0.3 is 0 Å². The van der Waals surface area contributed by atoms with Crippen molar-refractivity contribution < 1.29 is 5.11 Å². The molecule has 0 spiro atoms. The Morgan fingerprint density at radius 2 is 0.953 bits per heavy atom. The highest BCUT2D eigenvalue weighted by atomic mass is 31.1. The summed E-state index contributed by atoms with van der Waals surface area (Å²) >= 11 is 0. The van der Waals surface area contributed by atoms with Crippen LogP contribution in [0.1, 0.15) is 22.3 Å². The van der Waals surface area contributed by atoms with Gasteiger partial charge in [-0.1, -0.05) is 176 Å². The lowest BCUT2D eigenvalue weighted by Gasteiger charge is -2.35. The first kappa shape index (κ1) is 28.5. The minimum absolute atomic E-state index is 0.479. The summed E-state index contributed by atoms with van der Waals surface area (Å²) in [5.74, 6) is 0. The van der Waals surface area contributed by atoms with E-state index in [1.807, 2.05) is 85.1 Å². The Balaban J connectivity index is 1.49. The summed E-state index contributed by atoms with van der Waals surface area (Å²) in [6.45, 7) is 0. The van der Waals surface area contributed by atoms with Crippen molar-refractivity contribution >= 4 is 30.0 Å². The zero-order valence-electron chi connectivity index (χ0n) is 23.9. The highest BCUT2D eigenvalue weighted by Crippen LogP contribution is 2.37. The molecule has 3 heteroatoms. The number of rotatable bonds is 10. The fourth-order valence-electron chi connectivity index (χ4n) is 5.63. The van der Waals surface area contributed by atoms with Crippen LogP contribution < -0.4 is 15.9 Å². The number of nitrogens with zero attached hydrogens (tertiary/aromatic N) is 1. The molecule has 0 radical (unpaired) electrons. The van der Waals surface area contributed by atoms with Gasteiger partial charge in [0.05, 0.1) is 6.04 Å². The lowest BCUT2D eigenvalue weighted by molar-refractivity contribution is 0.0528. The van der Waals surface area contributed by atoms with Gasteiger partial charge in [0.25, 0.3) is 0 Å². The molecule has 6 aromatic rings. The van der Waals surface area contributed by atoms with E-state index < -0.39 is 19.6 Å². The van der Waals surface area contributed by atoms with E-state index >= 15 is 0 Å². The van der Waals surface area contributed by atoms with Crippen molar-refractivity contribution in [1.29, 1.82) is 0 Å². The first-order valence-corrected chi connectivity index (χ1v) is 16.0. The van der Waals surface area contributed by atoms with E-state index in [9.17, 15) is 5.11 Å². The molecule has 0 bridgehead atoms. The first-order chi connectivity index (χ1) is 21.2. The smallest absolute Gasteiger partial charge is 0.137 e. The number of hydrogen-bond acceptors (Lipinski definition) is 2. The summed E-state index contributed by atoms with van der Waals surface area (Å²) in [4.78, 5) is 5.28. The fraction of sp³-hybridized carbons (Fsp3) is 0.0750. The van der Waals surface area contributed by atoms with Crippen LogP contribution in [0.15, 0.2) is 181 Å². The molecule has 0 heterocycles. The first-order valence-electron chi connectivity index (χ1n) is 14.6. The van der Waals surface area contributed by atoms with Crippen LogP contribution in [0.25, 0.3) is 0 Å². The summed E-state index contributed by atoms with van der Waals surface area (Å²) < 4.78 is 0. The maximum atomic E-state index is 12.8. The van der Waals surface area contributed by atoms with Crippen LogP contribution in [0.2, 0.25) is 0 Å². The average Bonchev–Trinajstić information content (AvgIpc) is 3.09. The van der Waals surface area contributed by atoms with Crippen LogP contribution in [-0.2, 0) is 12.0 Å². The highest BCUT2D eigenvalue weighted by Gasteiger charge is 2.40. The van der Waals surface area contributed by atoms with Crippen LogP contribution in [0, 0.1) is 0 Å². The Morgan fingerprint density at radius 3 is 1.47 bits per heavy atom. The summed E-state index contributed by atoms with van der Waals surface area (Å²) in [5.41, 5.74) is 2.49. The van der Waals surface area contributed by atoms with Crippen LogP contribution in [0.4, 0.5) is 0 Å². The summed E-state index contributed by atoms with van der Waals surface area (Å²) in [5, 5.41) is 16.6. The summed E-state index contributed by atoms with van der Waals surface area (Å²) in [6.07, 6.45) is 2.56. The molecule has 0 aliphatic rings. The molecule has 6 rings (SSSR count). The van der Waals surface area contributed by atoms with E-state index in [4.69, 9.17) is 4.99 Å². The number of benzene rings is 6. The highest BCUT2D eigenvalue weighted by molar-refractivity contribution is 7.80. The minimum Gasteiger partial charge on any atom is -0.378 e. The molecule has 0 amide bonds. The third kappa shape index (κ3) is 6.42. The lowest BCUT2D eigenvalue weighted by atomic mass is 9.78. The minimum atomic E-state index is -1.34. The van der Waals surface area contributed by atoms with E-state index in [1.54, 1.807) is 0 Å². The van der Waals surface area contributed by atoms with Crippen molar-refractivity contribution in [1.82, 2.24) is 0 Å². The molecule has 1 N–H and O–H groups in total. The van der Waals surface area contributed by atoms with Crippen molar-refractivity contribution in [2.75, 3.05) is 0 Å². The standard InChI is InChI=1S/C40H34NOP/c42-40(34-21-8-2-9-22-34,35-23-10-3-11-24-35)39(30-32-18-6-1-7-19-32)41-31-33-20-16-17-29-38(33)43(36-25-12-4-13-26-36)37-27-14-5-15-28-37/h1-29,31,39,42H,30H2/t39-/m0/s1. The van der Waals surface area contributed by atoms with Crippen LogP contribution in [0.5, 0.6) is 0 Å². The molecule has 1 atom stereocenters. The Labute approximate surface area is 255 Å². The Morgan fingerprint density at radius 1 is 0.535 bits per heavy atom. The third-order valence-electron chi connectivity index (χ3n) is 7.78. The average molecular weight is 576 g/mol. The number of hydrogen-bond donors (Lipinski definition) is 1. The van der Waals surface area contributed by atoms with Gasteiger partial charge in [-0.2, -0.15) is 0 Å². The molecule has 0 saturated heterocycles. The van der Waals surface area contributed by atoms with Gasteiger partial charge in [-0.3, -0.25) is 4.99 Å². The lowest BCUT2D eigenvalue weighted by Crippen LogP contribution is -2.41. The van der Waals surface area contributed by atoms with E-state index in [0.29, 0.717) is 6.42 Å². The Kier molecular flexibility index (Phi) is 8.99. The normalized spacial score (nSPS) is 12.4. The van der Waals surface area contributed by atoms with Gasteiger partial charge < -0.3 is 5.11 Å². The zero-order chi connectivity index (χ0) is 29.3. The summed E-state index contributed by atoms with van der Waals surface area (Å²) in [7, 11) is -0.815. The molecule has 0 fully saturated rings. The van der Waals surface area contributed by atoms with Crippen molar-refractivity contribution in [3.05, 3.63) is 198 Å². The van der Waals surface area contributed by atoms with Crippen molar-refractivity contribution in [2.45, 2.75) is 18.1 Å². The monoisotopic (exact) mass is 575 g/mol. The largest absolute Gasteiger partial charge is 0.378 e. The van der Waals surface area contributed by atoms with Crippen molar-refractivity contribution in [2.24, 2.45) is 4.99 Å². The maximum absolute atomic E-state index is 12.8. The van der Waals surface area contributed by atoms with Crippen LogP contribution in [0.3, 0.4) is 0 Å². The van der Waals surface area contributed by atoms with Crippen molar-refractivity contribution in [3.8, 4) is 0 Å². The topological polar surface area (TPSA) is 32.6 Å². The van der Waals surface area contributed by atoms with Gasteiger partial charge in [-0.15, -0.1) is 0 Å². The Bertz CT molecular complexity index is 1660. The molecule has 0 unspecified atom stereocenters. The number of aliphatic hydroxyl groups is 1. The van der Waals surface area contributed by atoms with Gasteiger partial charge in [0.15, 0.2) is 0 Å². The molecule has 2 nitrogen and oxygen atoms in total. The molecule has 0 aromatic heterocycles. The van der Waals surface area contributed by atoms with E-state index in [0.717, 1.165) is 22.3 Å². The molecule has 43 heavy (non-hydrogen) atoms. The van der Waals surface area contributed by atoms with Crippen LogP contribution in [-0.4, -0.2) is 17.4 Å². The van der Waals surface area contributed by atoms with E-state index in [1.165, 1.54) is 15.9 Å².